The second-order valence-electron chi connectivity index (χ2n) is 9.47. The Kier molecular flexibility index (Phi) is 7.83. The second-order valence-corrected chi connectivity index (χ2v) is 12.9. The molecular formula is C26H29ClN4O4S2. The van der Waals surface area contributed by atoms with Crippen LogP contribution in [0.1, 0.15) is 18.4 Å². The molecule has 5 rings (SSSR count). The molecule has 1 N–H and O–H groups in total. The number of fused-ring (bicyclic) bond motifs is 1. The average molecular weight is 561 g/mol. The first-order valence-corrected chi connectivity index (χ1v) is 15.0. The van der Waals surface area contributed by atoms with Crippen LogP contribution in [0.3, 0.4) is 0 Å². The smallest absolute Gasteiger partial charge is 0.250 e. The number of thiophene rings is 1. The molecule has 0 spiro atoms. The molecular weight excluding hydrogens is 532 g/mol. The molecule has 3 heterocycles. The topological polar surface area (TPSA) is 90.0 Å². The summed E-state index contributed by atoms with van der Waals surface area (Å²) in [5.41, 5.74) is 1.24. The van der Waals surface area contributed by atoms with E-state index in [-0.39, 0.29) is 22.6 Å². The SMILES string of the molecule is O=C(CN1CCCC(NS(=O)(=O)c2cc3ccc(Cl)cc3s2)C1=O)N1CCN(Cc2ccccc2)CC1. The van der Waals surface area contributed by atoms with Crippen molar-refractivity contribution in [2.24, 2.45) is 0 Å². The fraction of sp³-hybridized carbons (Fsp3) is 0.385. The summed E-state index contributed by atoms with van der Waals surface area (Å²) in [5.74, 6) is -0.451. The van der Waals surface area contributed by atoms with E-state index in [0.29, 0.717) is 37.5 Å². The Hall–Kier alpha value is -2.50. The van der Waals surface area contributed by atoms with Crippen LogP contribution in [0.4, 0.5) is 0 Å². The molecule has 0 saturated carbocycles. The van der Waals surface area contributed by atoms with E-state index < -0.39 is 16.1 Å². The predicted octanol–water partition coefficient (Wildman–Crippen LogP) is 3.17. The van der Waals surface area contributed by atoms with Crippen molar-refractivity contribution in [2.45, 2.75) is 29.6 Å². The lowest BCUT2D eigenvalue weighted by atomic mass is 10.1. The molecule has 37 heavy (non-hydrogen) atoms. The standard InChI is InChI=1S/C26H29ClN4O4S2/c27-21-9-8-20-15-25(36-23(20)16-21)37(34,35)28-22-7-4-10-31(26(22)33)18-24(32)30-13-11-29(12-14-30)17-19-5-2-1-3-6-19/h1-3,5-6,8-9,15-16,22,28H,4,7,10-14,17-18H2. The molecule has 2 saturated heterocycles. The number of piperidine rings is 1. The molecule has 1 aromatic heterocycles. The zero-order valence-corrected chi connectivity index (χ0v) is 22.7. The van der Waals surface area contributed by atoms with Crippen LogP contribution in [0, 0.1) is 0 Å². The number of likely N-dealkylation sites (tertiary alicyclic amines) is 1. The summed E-state index contributed by atoms with van der Waals surface area (Å²) in [6.07, 6.45) is 1.02. The average Bonchev–Trinajstić information content (AvgIpc) is 3.32. The normalized spacial score (nSPS) is 19.5. The Bertz CT molecular complexity index is 1390. The van der Waals surface area contributed by atoms with E-state index in [1.807, 2.05) is 18.2 Å². The van der Waals surface area contributed by atoms with Gasteiger partial charge in [0, 0.05) is 49.0 Å². The van der Waals surface area contributed by atoms with E-state index in [0.717, 1.165) is 41.1 Å². The molecule has 0 aliphatic carbocycles. The van der Waals surface area contributed by atoms with Crippen molar-refractivity contribution in [1.29, 1.82) is 0 Å². The Morgan fingerprint density at radius 3 is 2.54 bits per heavy atom. The quantitative estimate of drug-likeness (QED) is 0.479. The molecule has 196 valence electrons. The number of carbonyl (C=O) groups excluding carboxylic acids is 2. The van der Waals surface area contributed by atoms with Gasteiger partial charge in [0.15, 0.2) is 0 Å². The molecule has 1 atom stereocenters. The minimum Gasteiger partial charge on any atom is -0.339 e. The highest BCUT2D eigenvalue weighted by molar-refractivity contribution is 7.91. The van der Waals surface area contributed by atoms with Gasteiger partial charge in [0.2, 0.25) is 11.8 Å². The molecule has 2 fully saturated rings. The number of nitrogens with one attached hydrogen (secondary N) is 1. The van der Waals surface area contributed by atoms with Gasteiger partial charge in [-0.3, -0.25) is 14.5 Å². The van der Waals surface area contributed by atoms with Crippen LogP contribution in [0.2, 0.25) is 5.02 Å². The highest BCUT2D eigenvalue weighted by Crippen LogP contribution is 2.31. The van der Waals surface area contributed by atoms with E-state index in [9.17, 15) is 18.0 Å². The van der Waals surface area contributed by atoms with Gasteiger partial charge in [0.1, 0.15) is 10.3 Å². The number of amides is 2. The molecule has 8 nitrogen and oxygen atoms in total. The lowest BCUT2D eigenvalue weighted by Gasteiger charge is -2.37. The van der Waals surface area contributed by atoms with Crippen molar-refractivity contribution in [2.75, 3.05) is 39.3 Å². The van der Waals surface area contributed by atoms with Gasteiger partial charge in [-0.05, 0) is 42.0 Å². The summed E-state index contributed by atoms with van der Waals surface area (Å²) in [7, 11) is -3.89. The maximum Gasteiger partial charge on any atom is 0.250 e. The van der Waals surface area contributed by atoms with E-state index >= 15 is 0 Å². The fourth-order valence-electron chi connectivity index (χ4n) is 4.83. The Balaban J connectivity index is 1.16. The van der Waals surface area contributed by atoms with Crippen molar-refractivity contribution in [3.63, 3.8) is 0 Å². The first-order valence-electron chi connectivity index (χ1n) is 12.3. The highest BCUT2D eigenvalue weighted by atomic mass is 35.5. The van der Waals surface area contributed by atoms with Crippen molar-refractivity contribution >= 4 is 54.9 Å². The van der Waals surface area contributed by atoms with Gasteiger partial charge < -0.3 is 9.80 Å². The van der Waals surface area contributed by atoms with Crippen LogP contribution in [-0.2, 0) is 26.2 Å². The van der Waals surface area contributed by atoms with Crippen molar-refractivity contribution < 1.29 is 18.0 Å². The summed E-state index contributed by atoms with van der Waals surface area (Å²) < 4.78 is 29.6. The molecule has 0 radical (unpaired) electrons. The van der Waals surface area contributed by atoms with E-state index in [1.54, 1.807) is 29.2 Å². The summed E-state index contributed by atoms with van der Waals surface area (Å²) in [6, 6.07) is 16.2. The largest absolute Gasteiger partial charge is 0.339 e. The van der Waals surface area contributed by atoms with E-state index in [2.05, 4.69) is 21.8 Å². The molecule has 11 heteroatoms. The lowest BCUT2D eigenvalue weighted by molar-refractivity contribution is -0.144. The van der Waals surface area contributed by atoms with Crippen molar-refractivity contribution in [1.82, 2.24) is 19.4 Å². The van der Waals surface area contributed by atoms with Gasteiger partial charge in [0.05, 0.1) is 6.54 Å². The van der Waals surface area contributed by atoms with Gasteiger partial charge in [-0.2, -0.15) is 4.72 Å². The van der Waals surface area contributed by atoms with Gasteiger partial charge in [-0.15, -0.1) is 11.3 Å². The minimum absolute atomic E-state index is 0.0306. The zero-order valence-electron chi connectivity index (χ0n) is 20.3. The number of piperazine rings is 1. The highest BCUT2D eigenvalue weighted by Gasteiger charge is 2.35. The summed E-state index contributed by atoms with van der Waals surface area (Å²) in [6.45, 7) is 4.03. The van der Waals surface area contributed by atoms with Crippen LogP contribution >= 0.6 is 22.9 Å². The van der Waals surface area contributed by atoms with Crippen LogP contribution < -0.4 is 4.72 Å². The molecule has 2 aliphatic rings. The lowest BCUT2D eigenvalue weighted by Crippen LogP contribution is -2.56. The molecule has 1 unspecified atom stereocenters. The predicted molar refractivity (Wildman–Crippen MR) is 145 cm³/mol. The van der Waals surface area contributed by atoms with Gasteiger partial charge in [-0.25, -0.2) is 8.42 Å². The first-order chi connectivity index (χ1) is 17.8. The van der Waals surface area contributed by atoms with Gasteiger partial charge >= 0.3 is 0 Å². The Labute approximate surface area is 225 Å². The number of carbonyl (C=O) groups is 2. The van der Waals surface area contributed by atoms with Gasteiger partial charge in [-0.1, -0.05) is 48.0 Å². The van der Waals surface area contributed by atoms with Crippen LogP contribution in [0.25, 0.3) is 10.1 Å². The first kappa shape index (κ1) is 26.1. The molecule has 2 aliphatic heterocycles. The fourth-order valence-corrected chi connectivity index (χ4v) is 7.74. The number of hydrogen-bond acceptors (Lipinski definition) is 6. The molecule has 2 aromatic carbocycles. The van der Waals surface area contributed by atoms with Crippen LogP contribution in [0.5, 0.6) is 0 Å². The molecule has 0 bridgehead atoms. The van der Waals surface area contributed by atoms with Crippen LogP contribution in [0.15, 0.2) is 58.8 Å². The number of benzene rings is 2. The Morgan fingerprint density at radius 2 is 1.78 bits per heavy atom. The number of halogens is 1. The third-order valence-corrected chi connectivity index (χ3v) is 10.1. The van der Waals surface area contributed by atoms with Crippen LogP contribution in [-0.4, -0.2) is 80.2 Å². The van der Waals surface area contributed by atoms with Crippen molar-refractivity contribution in [3.05, 3.63) is 65.2 Å². The minimum atomic E-state index is -3.89. The summed E-state index contributed by atoms with van der Waals surface area (Å²) in [4.78, 5) is 31.7. The summed E-state index contributed by atoms with van der Waals surface area (Å²) in [5, 5.41) is 1.31. The van der Waals surface area contributed by atoms with E-state index in [1.165, 1.54) is 10.5 Å². The second kappa shape index (κ2) is 11.1. The monoisotopic (exact) mass is 560 g/mol. The van der Waals surface area contributed by atoms with Gasteiger partial charge in [0.25, 0.3) is 10.0 Å². The number of sulfonamides is 1. The number of nitrogens with zero attached hydrogens (tertiary/aromatic N) is 3. The number of hydrogen-bond donors (Lipinski definition) is 1. The maximum absolute atomic E-state index is 13.1. The maximum atomic E-state index is 13.1. The number of rotatable bonds is 7. The summed E-state index contributed by atoms with van der Waals surface area (Å²) >= 11 is 7.14. The third kappa shape index (κ3) is 6.15. The van der Waals surface area contributed by atoms with E-state index in [4.69, 9.17) is 11.6 Å². The molecule has 3 aromatic rings. The third-order valence-electron chi connectivity index (χ3n) is 6.85. The Morgan fingerprint density at radius 1 is 1.03 bits per heavy atom. The zero-order chi connectivity index (χ0) is 26.0. The molecule has 2 amide bonds. The van der Waals surface area contributed by atoms with Crippen molar-refractivity contribution in [3.8, 4) is 0 Å².